The number of nitrogens with one attached hydrogen (secondary N) is 1. The van der Waals surface area contributed by atoms with Gasteiger partial charge < -0.3 is 5.32 Å². The number of carbonyl (C=O) groups excluding carboxylic acids is 1. The SMILES string of the molecule is CCCNC(=O)[C@H](C)N1CCN(S(=O)(=O)c2ccc3ccccc3c2)CC1. The van der Waals surface area contributed by atoms with Crippen LogP contribution in [0.15, 0.2) is 47.4 Å². The molecule has 0 aliphatic carbocycles. The highest BCUT2D eigenvalue weighted by Gasteiger charge is 2.31. The first-order valence-electron chi connectivity index (χ1n) is 9.44. The molecule has 27 heavy (non-hydrogen) atoms. The monoisotopic (exact) mass is 389 g/mol. The summed E-state index contributed by atoms with van der Waals surface area (Å²) in [4.78, 5) is 14.5. The first-order valence-corrected chi connectivity index (χ1v) is 10.9. The zero-order chi connectivity index (χ0) is 19.4. The van der Waals surface area contributed by atoms with E-state index in [0.717, 1.165) is 17.2 Å². The molecule has 1 aliphatic heterocycles. The minimum Gasteiger partial charge on any atom is -0.355 e. The Morgan fingerprint density at radius 1 is 1.07 bits per heavy atom. The van der Waals surface area contributed by atoms with Gasteiger partial charge in [0, 0.05) is 32.7 Å². The molecule has 0 bridgehead atoms. The molecule has 0 radical (unpaired) electrons. The second kappa shape index (κ2) is 8.37. The fraction of sp³-hybridized carbons (Fsp3) is 0.450. The molecule has 0 unspecified atom stereocenters. The lowest BCUT2D eigenvalue weighted by atomic mass is 10.1. The first-order chi connectivity index (χ1) is 12.9. The molecule has 3 rings (SSSR count). The highest BCUT2D eigenvalue weighted by molar-refractivity contribution is 7.89. The van der Waals surface area contributed by atoms with Crippen LogP contribution >= 0.6 is 0 Å². The van der Waals surface area contributed by atoms with Crippen LogP contribution in [0.1, 0.15) is 20.3 Å². The van der Waals surface area contributed by atoms with E-state index < -0.39 is 10.0 Å². The third kappa shape index (κ3) is 4.31. The van der Waals surface area contributed by atoms with Gasteiger partial charge in [0.25, 0.3) is 0 Å². The van der Waals surface area contributed by atoms with Gasteiger partial charge in [-0.2, -0.15) is 4.31 Å². The first kappa shape index (κ1) is 19.8. The molecule has 2 aromatic rings. The highest BCUT2D eigenvalue weighted by atomic mass is 32.2. The van der Waals surface area contributed by atoms with E-state index in [4.69, 9.17) is 0 Å². The summed E-state index contributed by atoms with van der Waals surface area (Å²) in [5.74, 6) is 0.00249. The van der Waals surface area contributed by atoms with E-state index in [-0.39, 0.29) is 11.9 Å². The Morgan fingerprint density at radius 2 is 1.74 bits per heavy atom. The number of hydrogen-bond donors (Lipinski definition) is 1. The van der Waals surface area contributed by atoms with Crippen LogP contribution in [0, 0.1) is 0 Å². The van der Waals surface area contributed by atoms with Crippen molar-refractivity contribution in [3.05, 3.63) is 42.5 Å². The van der Waals surface area contributed by atoms with Crippen LogP contribution in [0.2, 0.25) is 0 Å². The molecular weight excluding hydrogens is 362 g/mol. The number of benzene rings is 2. The van der Waals surface area contributed by atoms with E-state index in [0.29, 0.717) is 37.6 Å². The van der Waals surface area contributed by atoms with E-state index in [1.807, 2.05) is 49.1 Å². The number of sulfonamides is 1. The largest absolute Gasteiger partial charge is 0.355 e. The molecule has 146 valence electrons. The summed E-state index contributed by atoms with van der Waals surface area (Å²) in [6.07, 6.45) is 0.899. The maximum absolute atomic E-state index is 13.0. The third-order valence-corrected chi connectivity index (χ3v) is 7.00. The van der Waals surface area contributed by atoms with E-state index >= 15 is 0 Å². The fourth-order valence-electron chi connectivity index (χ4n) is 3.37. The van der Waals surface area contributed by atoms with Crippen molar-refractivity contribution in [1.29, 1.82) is 0 Å². The van der Waals surface area contributed by atoms with Crippen molar-refractivity contribution in [2.75, 3.05) is 32.7 Å². The van der Waals surface area contributed by atoms with Crippen LogP contribution in [0.4, 0.5) is 0 Å². The van der Waals surface area contributed by atoms with Gasteiger partial charge in [-0.25, -0.2) is 8.42 Å². The number of fused-ring (bicyclic) bond motifs is 1. The zero-order valence-electron chi connectivity index (χ0n) is 15.9. The fourth-order valence-corrected chi connectivity index (χ4v) is 4.83. The number of rotatable bonds is 6. The van der Waals surface area contributed by atoms with Gasteiger partial charge in [0.15, 0.2) is 0 Å². The normalized spacial score (nSPS) is 17.7. The average molecular weight is 390 g/mol. The summed E-state index contributed by atoms with van der Waals surface area (Å²) in [6.45, 7) is 6.43. The van der Waals surface area contributed by atoms with Gasteiger partial charge in [0.2, 0.25) is 15.9 Å². The summed E-state index contributed by atoms with van der Waals surface area (Å²) in [5, 5.41) is 4.84. The van der Waals surface area contributed by atoms with Gasteiger partial charge in [0.05, 0.1) is 10.9 Å². The molecule has 1 atom stereocenters. The van der Waals surface area contributed by atoms with Crippen molar-refractivity contribution in [1.82, 2.24) is 14.5 Å². The molecule has 2 aromatic carbocycles. The minimum atomic E-state index is -3.53. The summed E-state index contributed by atoms with van der Waals surface area (Å²) in [5.41, 5.74) is 0. The number of hydrogen-bond acceptors (Lipinski definition) is 4. The van der Waals surface area contributed by atoms with Gasteiger partial charge in [-0.05, 0) is 36.2 Å². The smallest absolute Gasteiger partial charge is 0.243 e. The molecule has 1 saturated heterocycles. The molecule has 0 saturated carbocycles. The summed E-state index contributed by atoms with van der Waals surface area (Å²) in [7, 11) is -3.53. The number of amides is 1. The average Bonchev–Trinajstić information content (AvgIpc) is 2.71. The molecule has 1 aliphatic rings. The lowest BCUT2D eigenvalue weighted by Crippen LogP contribution is -2.54. The van der Waals surface area contributed by atoms with Gasteiger partial charge in [0.1, 0.15) is 0 Å². The van der Waals surface area contributed by atoms with Gasteiger partial charge >= 0.3 is 0 Å². The van der Waals surface area contributed by atoms with Crippen molar-refractivity contribution in [3.63, 3.8) is 0 Å². The summed E-state index contributed by atoms with van der Waals surface area (Å²) >= 11 is 0. The number of piperazine rings is 1. The molecule has 1 N–H and O–H groups in total. The summed E-state index contributed by atoms with van der Waals surface area (Å²) in [6, 6.07) is 12.7. The van der Waals surface area contributed by atoms with Crippen molar-refractivity contribution in [2.45, 2.75) is 31.2 Å². The van der Waals surface area contributed by atoms with Crippen LogP contribution in [0.25, 0.3) is 10.8 Å². The van der Waals surface area contributed by atoms with E-state index in [9.17, 15) is 13.2 Å². The van der Waals surface area contributed by atoms with Gasteiger partial charge in [-0.1, -0.05) is 37.3 Å². The lowest BCUT2D eigenvalue weighted by molar-refractivity contribution is -0.126. The van der Waals surface area contributed by atoms with E-state index in [1.165, 1.54) is 4.31 Å². The molecule has 1 heterocycles. The maximum atomic E-state index is 13.0. The molecule has 6 nitrogen and oxygen atoms in total. The van der Waals surface area contributed by atoms with Crippen LogP contribution in [-0.4, -0.2) is 62.3 Å². The van der Waals surface area contributed by atoms with Crippen molar-refractivity contribution >= 4 is 26.7 Å². The van der Waals surface area contributed by atoms with Crippen molar-refractivity contribution in [3.8, 4) is 0 Å². The Labute approximate surface area is 161 Å². The predicted molar refractivity (Wildman–Crippen MR) is 107 cm³/mol. The lowest BCUT2D eigenvalue weighted by Gasteiger charge is -2.36. The Balaban J connectivity index is 1.68. The molecule has 0 spiro atoms. The van der Waals surface area contributed by atoms with Crippen molar-refractivity contribution in [2.24, 2.45) is 0 Å². The van der Waals surface area contributed by atoms with E-state index in [1.54, 1.807) is 12.1 Å². The molecule has 1 amide bonds. The third-order valence-electron chi connectivity index (χ3n) is 5.11. The Morgan fingerprint density at radius 3 is 2.41 bits per heavy atom. The predicted octanol–water partition coefficient (Wildman–Crippen LogP) is 2.06. The topological polar surface area (TPSA) is 69.7 Å². The molecule has 7 heteroatoms. The number of carbonyl (C=O) groups is 1. The van der Waals surface area contributed by atoms with Crippen LogP contribution in [0.3, 0.4) is 0 Å². The quantitative estimate of drug-likeness (QED) is 0.821. The standard InChI is InChI=1S/C20H27N3O3S/c1-3-10-21-20(24)16(2)22-11-13-23(14-12-22)27(25,26)19-9-8-17-6-4-5-7-18(17)15-19/h4-9,15-16H,3,10-14H2,1-2H3,(H,21,24)/t16-/m0/s1. The second-order valence-corrected chi connectivity index (χ2v) is 8.85. The summed E-state index contributed by atoms with van der Waals surface area (Å²) < 4.78 is 27.5. The maximum Gasteiger partial charge on any atom is 0.243 e. The second-order valence-electron chi connectivity index (χ2n) is 6.92. The van der Waals surface area contributed by atoms with E-state index in [2.05, 4.69) is 5.32 Å². The Bertz CT molecular complexity index is 906. The van der Waals surface area contributed by atoms with Crippen molar-refractivity contribution < 1.29 is 13.2 Å². The minimum absolute atomic E-state index is 0.00249. The van der Waals surface area contributed by atoms with Gasteiger partial charge in [-0.15, -0.1) is 0 Å². The van der Waals surface area contributed by atoms with Crippen LogP contribution in [0.5, 0.6) is 0 Å². The molecule has 1 fully saturated rings. The van der Waals surface area contributed by atoms with Gasteiger partial charge in [-0.3, -0.25) is 9.69 Å². The highest BCUT2D eigenvalue weighted by Crippen LogP contribution is 2.23. The molecule has 0 aromatic heterocycles. The Hall–Kier alpha value is -1.96. The number of nitrogens with zero attached hydrogens (tertiary/aromatic N) is 2. The Kier molecular flexibility index (Phi) is 6.14. The molecular formula is C20H27N3O3S. The van der Waals surface area contributed by atoms with Crippen LogP contribution < -0.4 is 5.32 Å². The zero-order valence-corrected chi connectivity index (χ0v) is 16.7. The van der Waals surface area contributed by atoms with Crippen LogP contribution in [-0.2, 0) is 14.8 Å².